The smallest absolute Gasteiger partial charge is 0.0732 e. The van der Waals surface area contributed by atoms with E-state index in [2.05, 4.69) is 17.2 Å². The first-order valence-electron chi connectivity index (χ1n) is 4.99. The molecule has 1 aromatic rings. The zero-order valence-corrected chi connectivity index (χ0v) is 8.44. The molecule has 0 aliphatic carbocycles. The summed E-state index contributed by atoms with van der Waals surface area (Å²) in [6, 6.07) is 0. The Kier molecular flexibility index (Phi) is 2.52. The van der Waals surface area contributed by atoms with Crippen LogP contribution in [-0.2, 0) is 16.7 Å². The second-order valence-electron chi connectivity index (χ2n) is 3.72. The Bertz CT molecular complexity index is 304. The Labute approximate surface area is 83.2 Å². The molecule has 2 N–H and O–H groups in total. The number of ether oxygens (including phenoxy) is 1. The van der Waals surface area contributed by atoms with Gasteiger partial charge in [0, 0.05) is 19.7 Å². The van der Waals surface area contributed by atoms with Gasteiger partial charge in [0.1, 0.15) is 0 Å². The van der Waals surface area contributed by atoms with E-state index in [0.717, 1.165) is 25.3 Å². The minimum absolute atomic E-state index is 0.0560. The second-order valence-corrected chi connectivity index (χ2v) is 3.72. The first-order chi connectivity index (χ1) is 6.82. The van der Waals surface area contributed by atoms with Gasteiger partial charge in [0.2, 0.25) is 0 Å². The van der Waals surface area contributed by atoms with Crippen LogP contribution < -0.4 is 5.73 Å². The Morgan fingerprint density at radius 2 is 2.57 bits per heavy atom. The van der Waals surface area contributed by atoms with Crippen LogP contribution in [0.25, 0.3) is 0 Å². The van der Waals surface area contributed by atoms with Gasteiger partial charge in [-0.2, -0.15) is 0 Å². The maximum Gasteiger partial charge on any atom is 0.0732 e. The van der Waals surface area contributed by atoms with Gasteiger partial charge in [-0.3, -0.25) is 0 Å². The zero-order chi connectivity index (χ0) is 10.0. The predicted octanol–water partition coefficient (Wildman–Crippen LogP) is -0.0852. The summed E-state index contributed by atoms with van der Waals surface area (Å²) in [5, 5.41) is 7.96. The van der Waals surface area contributed by atoms with Crippen molar-refractivity contribution in [1.29, 1.82) is 0 Å². The van der Waals surface area contributed by atoms with E-state index in [1.807, 2.05) is 10.9 Å². The van der Waals surface area contributed by atoms with Crippen LogP contribution in [0.4, 0.5) is 0 Å². The highest BCUT2D eigenvalue weighted by molar-refractivity contribution is 5.16. The highest BCUT2D eigenvalue weighted by Gasteiger charge is 2.38. The van der Waals surface area contributed by atoms with E-state index < -0.39 is 0 Å². The molecule has 1 fully saturated rings. The van der Waals surface area contributed by atoms with Crippen molar-refractivity contribution in [1.82, 2.24) is 15.0 Å². The maximum atomic E-state index is 5.83. The largest absolute Gasteiger partial charge is 0.380 e. The van der Waals surface area contributed by atoms with Crippen LogP contribution in [0, 0.1) is 0 Å². The van der Waals surface area contributed by atoms with Crippen molar-refractivity contribution in [2.75, 3.05) is 19.8 Å². The molecule has 0 amide bonds. The molecule has 0 saturated carbocycles. The lowest BCUT2D eigenvalue weighted by molar-refractivity contribution is 0.176. The van der Waals surface area contributed by atoms with Gasteiger partial charge in [-0.1, -0.05) is 5.21 Å². The van der Waals surface area contributed by atoms with Crippen LogP contribution in [0.3, 0.4) is 0 Å². The van der Waals surface area contributed by atoms with Crippen molar-refractivity contribution >= 4 is 0 Å². The molecule has 1 atom stereocenters. The van der Waals surface area contributed by atoms with Crippen LogP contribution in [0.2, 0.25) is 0 Å². The van der Waals surface area contributed by atoms with Gasteiger partial charge >= 0.3 is 0 Å². The van der Waals surface area contributed by atoms with Crippen LogP contribution in [0.15, 0.2) is 6.20 Å². The molecular weight excluding hydrogens is 180 g/mol. The summed E-state index contributed by atoms with van der Waals surface area (Å²) in [6.07, 6.45) is 2.78. The molecule has 5 nitrogen and oxygen atoms in total. The summed E-state index contributed by atoms with van der Waals surface area (Å²) < 4.78 is 7.33. The van der Waals surface area contributed by atoms with Crippen molar-refractivity contribution in [2.45, 2.75) is 25.3 Å². The van der Waals surface area contributed by atoms with Crippen LogP contribution in [0.5, 0.6) is 0 Å². The fraction of sp³-hybridized carbons (Fsp3) is 0.778. The van der Waals surface area contributed by atoms with Gasteiger partial charge < -0.3 is 10.5 Å². The minimum Gasteiger partial charge on any atom is -0.380 e. The van der Waals surface area contributed by atoms with Gasteiger partial charge in [0.25, 0.3) is 0 Å². The fourth-order valence-electron chi connectivity index (χ4n) is 1.98. The molecule has 1 saturated heterocycles. The van der Waals surface area contributed by atoms with Crippen molar-refractivity contribution < 1.29 is 4.74 Å². The molecule has 1 aromatic heterocycles. The predicted molar refractivity (Wildman–Crippen MR) is 51.9 cm³/mol. The molecule has 1 aliphatic heterocycles. The van der Waals surface area contributed by atoms with Gasteiger partial charge in [-0.15, -0.1) is 5.10 Å². The molecule has 78 valence electrons. The molecule has 1 unspecified atom stereocenters. The Hall–Kier alpha value is -0.940. The highest BCUT2D eigenvalue weighted by atomic mass is 16.5. The lowest BCUT2D eigenvalue weighted by Crippen LogP contribution is -2.37. The number of hydrogen-bond acceptors (Lipinski definition) is 4. The molecule has 1 aliphatic rings. The van der Waals surface area contributed by atoms with E-state index in [1.54, 1.807) is 0 Å². The summed E-state index contributed by atoms with van der Waals surface area (Å²) in [6.45, 7) is 4.96. The van der Waals surface area contributed by atoms with Gasteiger partial charge in [-0.05, 0) is 13.3 Å². The van der Waals surface area contributed by atoms with Crippen LogP contribution in [-0.4, -0.2) is 34.8 Å². The monoisotopic (exact) mass is 196 g/mol. The van der Waals surface area contributed by atoms with E-state index in [1.165, 1.54) is 0 Å². The first kappa shape index (κ1) is 9.61. The summed E-state index contributed by atoms with van der Waals surface area (Å²) >= 11 is 0. The third-order valence-electron chi connectivity index (χ3n) is 2.95. The number of nitrogens with zero attached hydrogens (tertiary/aromatic N) is 3. The Balaban J connectivity index is 2.35. The average Bonchev–Trinajstić information content (AvgIpc) is 2.86. The summed E-state index contributed by atoms with van der Waals surface area (Å²) in [5.41, 5.74) is 6.89. The van der Waals surface area contributed by atoms with E-state index in [0.29, 0.717) is 13.2 Å². The third-order valence-corrected chi connectivity index (χ3v) is 2.95. The third kappa shape index (κ3) is 1.33. The number of nitrogens with two attached hydrogens (primary N) is 1. The Morgan fingerprint density at radius 3 is 3.14 bits per heavy atom. The number of aryl methyl sites for hydroxylation is 1. The number of hydrogen-bond donors (Lipinski definition) is 1. The van der Waals surface area contributed by atoms with E-state index >= 15 is 0 Å². The van der Waals surface area contributed by atoms with Gasteiger partial charge in [-0.25, -0.2) is 4.68 Å². The van der Waals surface area contributed by atoms with Crippen molar-refractivity contribution in [3.05, 3.63) is 11.9 Å². The molecule has 0 bridgehead atoms. The van der Waals surface area contributed by atoms with E-state index in [9.17, 15) is 0 Å². The molecule has 0 radical (unpaired) electrons. The lowest BCUT2D eigenvalue weighted by Gasteiger charge is -2.25. The molecule has 2 heterocycles. The molecular formula is C9H16N4O. The van der Waals surface area contributed by atoms with E-state index in [-0.39, 0.29) is 5.41 Å². The maximum absolute atomic E-state index is 5.83. The van der Waals surface area contributed by atoms with Crippen molar-refractivity contribution in [3.63, 3.8) is 0 Å². The normalized spacial score (nSPS) is 27.0. The average molecular weight is 196 g/mol. The highest BCUT2D eigenvalue weighted by Crippen LogP contribution is 2.31. The molecule has 2 rings (SSSR count). The number of rotatable bonds is 3. The van der Waals surface area contributed by atoms with Crippen LogP contribution >= 0.6 is 0 Å². The molecule has 0 aromatic carbocycles. The van der Waals surface area contributed by atoms with E-state index in [4.69, 9.17) is 10.5 Å². The first-order valence-corrected chi connectivity index (χ1v) is 4.99. The summed E-state index contributed by atoms with van der Waals surface area (Å²) in [7, 11) is 0. The van der Waals surface area contributed by atoms with Crippen molar-refractivity contribution in [2.24, 2.45) is 5.73 Å². The molecule has 5 heteroatoms. The molecule has 0 spiro atoms. The SMILES string of the molecule is CCn1nncc1C1(CN)CCOC1. The van der Waals surface area contributed by atoms with Gasteiger partial charge in [0.15, 0.2) is 0 Å². The lowest BCUT2D eigenvalue weighted by atomic mass is 9.84. The number of aromatic nitrogens is 3. The second kappa shape index (κ2) is 3.67. The topological polar surface area (TPSA) is 66.0 Å². The molecule has 14 heavy (non-hydrogen) atoms. The van der Waals surface area contributed by atoms with Crippen molar-refractivity contribution in [3.8, 4) is 0 Å². The standard InChI is InChI=1S/C9H16N4O/c1-2-13-8(5-11-12-13)9(6-10)3-4-14-7-9/h5H,2-4,6-7,10H2,1H3. The fourth-order valence-corrected chi connectivity index (χ4v) is 1.98. The minimum atomic E-state index is -0.0560. The van der Waals surface area contributed by atoms with Crippen LogP contribution in [0.1, 0.15) is 19.0 Å². The quantitative estimate of drug-likeness (QED) is 0.734. The Morgan fingerprint density at radius 1 is 1.71 bits per heavy atom. The van der Waals surface area contributed by atoms with Gasteiger partial charge in [0.05, 0.1) is 23.9 Å². The zero-order valence-electron chi connectivity index (χ0n) is 8.44. The summed E-state index contributed by atoms with van der Waals surface area (Å²) in [4.78, 5) is 0. The summed E-state index contributed by atoms with van der Waals surface area (Å²) in [5.74, 6) is 0.